The fourth-order valence-electron chi connectivity index (χ4n) is 2.74. The Morgan fingerprint density at radius 3 is 2.85 bits per heavy atom. The van der Waals surface area contributed by atoms with Gasteiger partial charge in [-0.25, -0.2) is 0 Å². The third kappa shape index (κ3) is 2.63. The topological polar surface area (TPSA) is 32.3 Å². The van der Waals surface area contributed by atoms with E-state index in [-0.39, 0.29) is 6.04 Å². The molecule has 104 valence electrons. The van der Waals surface area contributed by atoms with E-state index >= 15 is 0 Å². The van der Waals surface area contributed by atoms with E-state index in [1.54, 1.807) is 6.07 Å². The Hall–Kier alpha value is -0.870. The lowest BCUT2D eigenvalue weighted by atomic mass is 9.88. The summed E-state index contributed by atoms with van der Waals surface area (Å²) in [5.41, 5.74) is 3.33. The van der Waals surface area contributed by atoms with E-state index < -0.39 is 6.10 Å². The van der Waals surface area contributed by atoms with Crippen LogP contribution in [0.1, 0.15) is 28.8 Å². The van der Waals surface area contributed by atoms with Crippen molar-refractivity contribution in [3.8, 4) is 0 Å². The van der Waals surface area contributed by atoms with Gasteiger partial charge in [0.2, 0.25) is 0 Å². The van der Waals surface area contributed by atoms with E-state index in [1.807, 2.05) is 24.3 Å². The fourth-order valence-corrected chi connectivity index (χ4v) is 3.66. The molecule has 0 saturated heterocycles. The van der Waals surface area contributed by atoms with Crippen LogP contribution in [0.3, 0.4) is 0 Å². The molecule has 2 aromatic rings. The molecule has 0 fully saturated rings. The summed E-state index contributed by atoms with van der Waals surface area (Å²) in [5, 5.41) is 14.8. The summed E-state index contributed by atoms with van der Waals surface area (Å²) >= 11 is 9.44. The van der Waals surface area contributed by atoms with Crippen LogP contribution in [0.2, 0.25) is 5.02 Å². The number of aliphatic hydroxyl groups excluding tert-OH is 1. The average molecular weight is 353 g/mol. The maximum atomic E-state index is 10.7. The number of halogens is 2. The van der Waals surface area contributed by atoms with Gasteiger partial charge in [-0.1, -0.05) is 57.9 Å². The Labute approximate surface area is 131 Å². The van der Waals surface area contributed by atoms with Crippen molar-refractivity contribution in [1.29, 1.82) is 0 Å². The quantitative estimate of drug-likeness (QED) is 0.855. The molecule has 2 N–H and O–H groups in total. The zero-order valence-electron chi connectivity index (χ0n) is 10.8. The van der Waals surface area contributed by atoms with Crippen LogP contribution >= 0.6 is 27.5 Å². The molecular weight excluding hydrogens is 338 g/mol. The molecule has 0 bridgehead atoms. The Morgan fingerprint density at radius 2 is 2.05 bits per heavy atom. The van der Waals surface area contributed by atoms with Gasteiger partial charge in [-0.05, 0) is 41.8 Å². The molecular formula is C16H15BrClNO. The van der Waals surface area contributed by atoms with Crippen molar-refractivity contribution in [2.24, 2.45) is 0 Å². The molecule has 0 radical (unpaired) electrons. The summed E-state index contributed by atoms with van der Waals surface area (Å²) in [7, 11) is 0. The maximum Gasteiger partial charge on any atom is 0.0995 e. The number of aliphatic hydroxyl groups is 1. The van der Waals surface area contributed by atoms with E-state index in [2.05, 4.69) is 33.4 Å². The Balaban J connectivity index is 1.97. The molecule has 2 unspecified atom stereocenters. The smallest absolute Gasteiger partial charge is 0.0995 e. The van der Waals surface area contributed by atoms with E-state index in [9.17, 15) is 5.11 Å². The minimum absolute atomic E-state index is 0.0857. The van der Waals surface area contributed by atoms with Crippen molar-refractivity contribution in [2.75, 3.05) is 6.54 Å². The van der Waals surface area contributed by atoms with Gasteiger partial charge in [0.1, 0.15) is 0 Å². The monoisotopic (exact) mass is 351 g/mol. The highest BCUT2D eigenvalue weighted by Crippen LogP contribution is 2.36. The van der Waals surface area contributed by atoms with Crippen LogP contribution in [-0.4, -0.2) is 11.7 Å². The normalized spacial score (nSPS) is 19.4. The van der Waals surface area contributed by atoms with Crippen LogP contribution in [-0.2, 0) is 6.42 Å². The third-order valence-electron chi connectivity index (χ3n) is 3.75. The first kappa shape index (κ1) is 14.1. The van der Waals surface area contributed by atoms with Crippen LogP contribution in [0, 0.1) is 0 Å². The second kappa shape index (κ2) is 5.86. The van der Waals surface area contributed by atoms with Crippen molar-refractivity contribution in [3.63, 3.8) is 0 Å². The molecule has 1 aliphatic rings. The molecule has 2 nitrogen and oxygen atoms in total. The summed E-state index contributed by atoms with van der Waals surface area (Å²) in [5.74, 6) is 0. The predicted octanol–water partition coefficient (Wildman–Crippen LogP) is 4.02. The van der Waals surface area contributed by atoms with Crippen molar-refractivity contribution in [1.82, 2.24) is 5.32 Å². The Morgan fingerprint density at radius 1 is 1.25 bits per heavy atom. The Kier molecular flexibility index (Phi) is 4.13. The van der Waals surface area contributed by atoms with Gasteiger partial charge in [-0.2, -0.15) is 0 Å². The van der Waals surface area contributed by atoms with Crippen molar-refractivity contribution < 1.29 is 5.11 Å². The van der Waals surface area contributed by atoms with E-state index in [0.29, 0.717) is 5.02 Å². The number of benzene rings is 2. The molecule has 3 rings (SSSR count). The zero-order valence-corrected chi connectivity index (χ0v) is 13.2. The van der Waals surface area contributed by atoms with Crippen LogP contribution in [0.4, 0.5) is 0 Å². The lowest BCUT2D eigenvalue weighted by molar-refractivity contribution is 0.125. The second-order valence-electron chi connectivity index (χ2n) is 4.99. The largest absolute Gasteiger partial charge is 0.386 e. The highest BCUT2D eigenvalue weighted by atomic mass is 79.9. The molecule has 2 atom stereocenters. The lowest BCUT2D eigenvalue weighted by Gasteiger charge is -2.31. The maximum absolute atomic E-state index is 10.7. The highest BCUT2D eigenvalue weighted by Gasteiger charge is 2.28. The highest BCUT2D eigenvalue weighted by molar-refractivity contribution is 9.10. The number of hydrogen-bond acceptors (Lipinski definition) is 2. The SMILES string of the molecule is OC(c1ccc(Cl)cc1Br)C1NCCc2ccccc21. The van der Waals surface area contributed by atoms with Gasteiger partial charge in [-0.3, -0.25) is 0 Å². The fraction of sp³-hybridized carbons (Fsp3) is 0.250. The van der Waals surface area contributed by atoms with Gasteiger partial charge in [0.25, 0.3) is 0 Å². The van der Waals surface area contributed by atoms with Crippen LogP contribution in [0.15, 0.2) is 46.9 Å². The first-order valence-electron chi connectivity index (χ1n) is 6.61. The molecule has 1 heterocycles. The van der Waals surface area contributed by atoms with Crippen LogP contribution in [0.5, 0.6) is 0 Å². The van der Waals surface area contributed by atoms with Gasteiger partial charge >= 0.3 is 0 Å². The van der Waals surface area contributed by atoms with Crippen LogP contribution < -0.4 is 5.32 Å². The number of fused-ring (bicyclic) bond motifs is 1. The van der Waals surface area contributed by atoms with Gasteiger partial charge in [0, 0.05) is 9.50 Å². The molecule has 0 saturated carbocycles. The van der Waals surface area contributed by atoms with E-state index in [1.165, 1.54) is 11.1 Å². The summed E-state index contributed by atoms with van der Waals surface area (Å²) < 4.78 is 0.836. The molecule has 1 aliphatic heterocycles. The summed E-state index contributed by atoms with van der Waals surface area (Å²) in [4.78, 5) is 0. The van der Waals surface area contributed by atoms with Crippen molar-refractivity contribution in [2.45, 2.75) is 18.6 Å². The number of rotatable bonds is 2. The zero-order chi connectivity index (χ0) is 14.1. The van der Waals surface area contributed by atoms with E-state index in [0.717, 1.165) is 23.0 Å². The standard InChI is InChI=1S/C16H15BrClNO/c17-14-9-11(18)5-6-13(14)16(20)15-12-4-2-1-3-10(12)7-8-19-15/h1-6,9,15-16,19-20H,7-8H2. The average Bonchev–Trinajstić information content (AvgIpc) is 2.46. The molecule has 0 spiro atoms. The minimum Gasteiger partial charge on any atom is -0.386 e. The van der Waals surface area contributed by atoms with Gasteiger partial charge in [-0.15, -0.1) is 0 Å². The van der Waals surface area contributed by atoms with E-state index in [4.69, 9.17) is 11.6 Å². The molecule has 0 aromatic heterocycles. The second-order valence-corrected chi connectivity index (χ2v) is 6.28. The Bertz CT molecular complexity index is 632. The summed E-state index contributed by atoms with van der Waals surface area (Å²) in [6.45, 7) is 0.879. The molecule has 2 aromatic carbocycles. The predicted molar refractivity (Wildman–Crippen MR) is 85.0 cm³/mol. The lowest BCUT2D eigenvalue weighted by Crippen LogP contribution is -2.34. The molecule has 4 heteroatoms. The van der Waals surface area contributed by atoms with Crippen molar-refractivity contribution in [3.05, 3.63) is 68.7 Å². The number of nitrogens with one attached hydrogen (secondary N) is 1. The third-order valence-corrected chi connectivity index (χ3v) is 4.67. The molecule has 0 amide bonds. The minimum atomic E-state index is -0.608. The molecule has 20 heavy (non-hydrogen) atoms. The first-order chi connectivity index (χ1) is 9.66. The summed E-state index contributed by atoms with van der Waals surface area (Å²) in [6, 6.07) is 13.7. The van der Waals surface area contributed by atoms with Gasteiger partial charge in [0.05, 0.1) is 12.1 Å². The van der Waals surface area contributed by atoms with Crippen molar-refractivity contribution >= 4 is 27.5 Å². The molecule has 0 aliphatic carbocycles. The van der Waals surface area contributed by atoms with Crippen LogP contribution in [0.25, 0.3) is 0 Å². The van der Waals surface area contributed by atoms with Gasteiger partial charge in [0.15, 0.2) is 0 Å². The van der Waals surface area contributed by atoms with Gasteiger partial charge < -0.3 is 10.4 Å². The first-order valence-corrected chi connectivity index (χ1v) is 7.78. The summed E-state index contributed by atoms with van der Waals surface area (Å²) in [6.07, 6.45) is 0.393. The number of hydrogen-bond donors (Lipinski definition) is 2.